The SMILES string of the molecule is COc1cc(CNS(=O)(=O)c2sc(Cl)nc2C)nc(-c2ccccn2)c1. The van der Waals surface area contributed by atoms with Crippen molar-refractivity contribution in [3.8, 4) is 17.1 Å². The van der Waals surface area contributed by atoms with Gasteiger partial charge in [-0.3, -0.25) is 4.98 Å². The monoisotopic (exact) mass is 410 g/mol. The molecule has 0 amide bonds. The van der Waals surface area contributed by atoms with Crippen molar-refractivity contribution in [2.24, 2.45) is 0 Å². The van der Waals surface area contributed by atoms with Gasteiger partial charge < -0.3 is 4.74 Å². The lowest BCUT2D eigenvalue weighted by molar-refractivity contribution is 0.413. The van der Waals surface area contributed by atoms with Crippen LogP contribution in [-0.2, 0) is 16.6 Å². The fraction of sp³-hybridized carbons (Fsp3) is 0.188. The Morgan fingerprint density at radius 1 is 1.23 bits per heavy atom. The van der Waals surface area contributed by atoms with Gasteiger partial charge in [0.05, 0.1) is 36.4 Å². The molecule has 0 unspecified atom stereocenters. The van der Waals surface area contributed by atoms with Crippen molar-refractivity contribution < 1.29 is 13.2 Å². The Balaban J connectivity index is 1.87. The molecule has 7 nitrogen and oxygen atoms in total. The van der Waals surface area contributed by atoms with Gasteiger partial charge in [0.2, 0.25) is 0 Å². The summed E-state index contributed by atoms with van der Waals surface area (Å²) in [5, 5.41) is 0. The van der Waals surface area contributed by atoms with Crippen LogP contribution in [0.25, 0.3) is 11.4 Å². The zero-order valence-electron chi connectivity index (χ0n) is 13.9. The molecule has 0 atom stereocenters. The minimum absolute atomic E-state index is 0.00563. The van der Waals surface area contributed by atoms with Crippen LogP contribution >= 0.6 is 22.9 Å². The highest BCUT2D eigenvalue weighted by molar-refractivity contribution is 7.91. The van der Waals surface area contributed by atoms with Crippen LogP contribution in [0.15, 0.2) is 40.7 Å². The maximum atomic E-state index is 12.5. The van der Waals surface area contributed by atoms with Gasteiger partial charge in [0, 0.05) is 18.3 Å². The van der Waals surface area contributed by atoms with Crippen molar-refractivity contribution in [1.82, 2.24) is 19.7 Å². The topological polar surface area (TPSA) is 94.1 Å². The summed E-state index contributed by atoms with van der Waals surface area (Å²) >= 11 is 6.71. The summed E-state index contributed by atoms with van der Waals surface area (Å²) in [5.74, 6) is 0.562. The minimum Gasteiger partial charge on any atom is -0.497 e. The van der Waals surface area contributed by atoms with Crippen LogP contribution in [-0.4, -0.2) is 30.5 Å². The lowest BCUT2D eigenvalue weighted by Gasteiger charge is -2.09. The number of pyridine rings is 2. The molecule has 0 aliphatic heterocycles. The van der Waals surface area contributed by atoms with Gasteiger partial charge in [-0.15, -0.1) is 0 Å². The number of ether oxygens (including phenoxy) is 1. The predicted molar refractivity (Wildman–Crippen MR) is 99.9 cm³/mol. The first-order valence-electron chi connectivity index (χ1n) is 7.48. The maximum absolute atomic E-state index is 12.5. The van der Waals surface area contributed by atoms with E-state index < -0.39 is 10.0 Å². The summed E-state index contributed by atoms with van der Waals surface area (Å²) in [7, 11) is -2.20. The fourth-order valence-corrected chi connectivity index (χ4v) is 5.03. The van der Waals surface area contributed by atoms with Gasteiger partial charge in [-0.05, 0) is 19.1 Å². The van der Waals surface area contributed by atoms with E-state index in [0.717, 1.165) is 11.3 Å². The van der Waals surface area contributed by atoms with E-state index >= 15 is 0 Å². The van der Waals surface area contributed by atoms with Gasteiger partial charge in [0.25, 0.3) is 10.0 Å². The number of methoxy groups -OCH3 is 1. The lowest BCUT2D eigenvalue weighted by Crippen LogP contribution is -2.23. The van der Waals surface area contributed by atoms with E-state index in [1.54, 1.807) is 31.3 Å². The van der Waals surface area contributed by atoms with E-state index in [1.165, 1.54) is 7.11 Å². The van der Waals surface area contributed by atoms with Crippen molar-refractivity contribution >= 4 is 33.0 Å². The van der Waals surface area contributed by atoms with Crippen LogP contribution < -0.4 is 9.46 Å². The van der Waals surface area contributed by atoms with Crippen molar-refractivity contribution in [3.05, 3.63) is 52.4 Å². The molecule has 0 saturated carbocycles. The zero-order chi connectivity index (χ0) is 18.7. The number of hydrogen-bond donors (Lipinski definition) is 1. The molecule has 1 N–H and O–H groups in total. The fourth-order valence-electron chi connectivity index (χ4n) is 2.25. The Hall–Kier alpha value is -2.07. The summed E-state index contributed by atoms with van der Waals surface area (Å²) in [4.78, 5) is 12.7. The number of sulfonamides is 1. The largest absolute Gasteiger partial charge is 0.497 e. The van der Waals surface area contributed by atoms with E-state index in [-0.39, 0.29) is 15.2 Å². The predicted octanol–water partition coefficient (Wildman–Crippen LogP) is 3.05. The normalized spacial score (nSPS) is 11.5. The average molecular weight is 411 g/mol. The second-order valence-corrected chi connectivity index (χ2v) is 8.81. The number of halogens is 1. The first kappa shape index (κ1) is 18.7. The molecular formula is C16H15ClN4O3S2. The number of aromatic nitrogens is 3. The standard InChI is InChI=1S/C16H15ClN4O3S2/c1-10-15(25-16(17)20-10)26(22,23)19-9-11-7-12(24-2)8-14(21-11)13-5-3-4-6-18-13/h3-8,19H,9H2,1-2H3. The van der Waals surface area contributed by atoms with Crippen LogP contribution in [0.4, 0.5) is 0 Å². The molecule has 10 heteroatoms. The van der Waals surface area contributed by atoms with E-state index in [4.69, 9.17) is 16.3 Å². The average Bonchev–Trinajstić information content (AvgIpc) is 2.99. The molecule has 3 heterocycles. The van der Waals surface area contributed by atoms with Gasteiger partial charge in [-0.1, -0.05) is 29.0 Å². The quantitative estimate of drug-likeness (QED) is 0.671. The van der Waals surface area contributed by atoms with Crippen LogP contribution in [0.2, 0.25) is 4.47 Å². The van der Waals surface area contributed by atoms with E-state index in [2.05, 4.69) is 19.7 Å². The first-order valence-corrected chi connectivity index (χ1v) is 10.2. The Bertz CT molecular complexity index is 1020. The molecule has 3 aromatic heterocycles. The third-order valence-electron chi connectivity index (χ3n) is 3.43. The minimum atomic E-state index is -3.74. The van der Waals surface area contributed by atoms with Gasteiger partial charge in [0.1, 0.15) is 5.75 Å². The Morgan fingerprint density at radius 2 is 2.04 bits per heavy atom. The van der Waals surface area contributed by atoms with Gasteiger partial charge in [-0.25, -0.2) is 23.1 Å². The number of thiazole rings is 1. The van der Waals surface area contributed by atoms with Crippen molar-refractivity contribution in [1.29, 1.82) is 0 Å². The molecule has 0 spiro atoms. The molecule has 3 aromatic rings. The molecule has 0 bridgehead atoms. The summed E-state index contributed by atoms with van der Waals surface area (Å²) in [5.41, 5.74) is 2.12. The molecule has 0 aliphatic carbocycles. The van der Waals surface area contributed by atoms with Crippen molar-refractivity contribution in [2.45, 2.75) is 17.7 Å². The number of aryl methyl sites for hydroxylation is 1. The Morgan fingerprint density at radius 3 is 2.65 bits per heavy atom. The number of hydrogen-bond acceptors (Lipinski definition) is 7. The molecular weight excluding hydrogens is 396 g/mol. The molecule has 26 heavy (non-hydrogen) atoms. The molecule has 0 saturated heterocycles. The summed E-state index contributed by atoms with van der Waals surface area (Å²) in [6.45, 7) is 1.59. The third kappa shape index (κ3) is 4.18. The lowest BCUT2D eigenvalue weighted by atomic mass is 10.2. The molecule has 136 valence electrons. The summed E-state index contributed by atoms with van der Waals surface area (Å²) < 4.78 is 33.0. The van der Waals surface area contributed by atoms with E-state index in [0.29, 0.717) is 28.5 Å². The van der Waals surface area contributed by atoms with Crippen LogP contribution in [0.5, 0.6) is 5.75 Å². The Kier molecular flexibility index (Phi) is 5.52. The highest BCUT2D eigenvalue weighted by Crippen LogP contribution is 2.27. The molecule has 0 radical (unpaired) electrons. The summed E-state index contributed by atoms with van der Waals surface area (Å²) in [6.07, 6.45) is 1.66. The first-order chi connectivity index (χ1) is 12.4. The highest BCUT2D eigenvalue weighted by Gasteiger charge is 2.21. The number of rotatable bonds is 6. The zero-order valence-corrected chi connectivity index (χ0v) is 16.3. The second-order valence-electron chi connectivity index (χ2n) is 5.26. The van der Waals surface area contributed by atoms with Crippen molar-refractivity contribution in [3.63, 3.8) is 0 Å². The van der Waals surface area contributed by atoms with Crippen molar-refractivity contribution in [2.75, 3.05) is 7.11 Å². The maximum Gasteiger partial charge on any atom is 0.252 e. The molecule has 0 fully saturated rings. The van der Waals surface area contributed by atoms with Crippen LogP contribution in [0.1, 0.15) is 11.4 Å². The summed E-state index contributed by atoms with van der Waals surface area (Å²) in [6, 6.07) is 8.89. The third-order valence-corrected chi connectivity index (χ3v) is 6.70. The molecule has 3 rings (SSSR count). The van der Waals surface area contributed by atoms with E-state index in [1.807, 2.05) is 12.1 Å². The van der Waals surface area contributed by atoms with Gasteiger partial charge in [-0.2, -0.15) is 0 Å². The second kappa shape index (κ2) is 7.67. The molecule has 0 aliphatic rings. The number of nitrogens with zero attached hydrogens (tertiary/aromatic N) is 3. The van der Waals surface area contributed by atoms with Crippen LogP contribution in [0.3, 0.4) is 0 Å². The van der Waals surface area contributed by atoms with E-state index in [9.17, 15) is 8.42 Å². The molecule has 0 aromatic carbocycles. The van der Waals surface area contributed by atoms with Crippen LogP contribution in [0, 0.1) is 6.92 Å². The number of nitrogens with one attached hydrogen (secondary N) is 1. The van der Waals surface area contributed by atoms with Gasteiger partial charge in [0.15, 0.2) is 8.68 Å². The van der Waals surface area contributed by atoms with Gasteiger partial charge >= 0.3 is 0 Å². The highest BCUT2D eigenvalue weighted by atomic mass is 35.5. The Labute approximate surface area is 160 Å². The smallest absolute Gasteiger partial charge is 0.252 e.